The summed E-state index contributed by atoms with van der Waals surface area (Å²) in [5.41, 5.74) is 0.686. The largest absolute Gasteiger partial charge is 0.497 e. The molecule has 6 rings (SSSR count). The van der Waals surface area contributed by atoms with Gasteiger partial charge in [-0.2, -0.15) is 4.98 Å². The lowest BCUT2D eigenvalue weighted by atomic mass is 9.77. The summed E-state index contributed by atoms with van der Waals surface area (Å²) in [5, 5.41) is 3.53. The normalized spacial score (nSPS) is 18.4. The van der Waals surface area contributed by atoms with Gasteiger partial charge >= 0.3 is 17.9 Å². The van der Waals surface area contributed by atoms with E-state index in [2.05, 4.69) is 15.3 Å². The standard InChI is InChI=1S/C37H37N5O10/c1-21(43)49-19-29-31(50-22(2)44)32(51-23(3)45)35(52-29)42-20-38-30-33(42)39-36(40-34(30)46)41-37(24-9-7-6-8-10-24,25-11-15-27(47-4)16-12-25)26-13-17-28(48-5)18-14-26/h6-18,20,29,31-32,35H,19H2,1-5H3,(H2,39,40,41,46)/t29-,31-,32-,35-/m1/s1. The first-order valence-corrected chi connectivity index (χ1v) is 16.3. The molecule has 0 aliphatic carbocycles. The van der Waals surface area contributed by atoms with Crippen molar-refractivity contribution < 1.29 is 42.8 Å². The number of anilines is 1. The first kappa shape index (κ1) is 35.6. The summed E-state index contributed by atoms with van der Waals surface area (Å²) in [6.45, 7) is 3.30. The number of rotatable bonds is 12. The number of nitrogens with zero attached hydrogens (tertiary/aromatic N) is 3. The van der Waals surface area contributed by atoms with Crippen LogP contribution in [0.2, 0.25) is 0 Å². The van der Waals surface area contributed by atoms with Gasteiger partial charge in [0.1, 0.15) is 29.7 Å². The molecule has 1 fully saturated rings. The molecule has 1 aliphatic rings. The summed E-state index contributed by atoms with van der Waals surface area (Å²) in [7, 11) is 3.17. The Labute approximate surface area is 297 Å². The monoisotopic (exact) mass is 711 g/mol. The molecule has 1 aliphatic heterocycles. The lowest BCUT2D eigenvalue weighted by Crippen LogP contribution is -2.40. The number of aromatic amines is 1. The zero-order valence-electron chi connectivity index (χ0n) is 29.0. The average molecular weight is 712 g/mol. The van der Waals surface area contributed by atoms with E-state index in [1.165, 1.54) is 31.7 Å². The first-order valence-electron chi connectivity index (χ1n) is 16.3. The molecule has 15 nitrogen and oxygen atoms in total. The molecule has 3 aromatic carbocycles. The summed E-state index contributed by atoms with van der Waals surface area (Å²) in [4.78, 5) is 61.8. The highest BCUT2D eigenvalue weighted by Crippen LogP contribution is 2.41. The molecule has 15 heteroatoms. The number of H-pyrrole nitrogens is 1. The molecule has 0 saturated carbocycles. The van der Waals surface area contributed by atoms with E-state index < -0.39 is 53.5 Å². The fourth-order valence-corrected chi connectivity index (χ4v) is 6.35. The summed E-state index contributed by atoms with van der Waals surface area (Å²) in [6.07, 6.45) is -3.30. The number of carbonyl (C=O) groups excluding carboxylic acids is 3. The summed E-state index contributed by atoms with van der Waals surface area (Å²) in [6, 6.07) is 24.6. The molecular formula is C37H37N5O10. The number of hydrogen-bond donors (Lipinski definition) is 2. The van der Waals surface area contributed by atoms with E-state index in [-0.39, 0.29) is 23.7 Å². The zero-order chi connectivity index (χ0) is 37.0. The third-order valence-corrected chi connectivity index (χ3v) is 8.61. The number of hydrogen-bond acceptors (Lipinski definition) is 13. The Morgan fingerprint density at radius 3 is 1.90 bits per heavy atom. The molecule has 0 spiro atoms. The Morgan fingerprint density at radius 1 is 0.808 bits per heavy atom. The van der Waals surface area contributed by atoms with Crippen molar-refractivity contribution in [1.29, 1.82) is 0 Å². The van der Waals surface area contributed by atoms with Crippen molar-refractivity contribution in [2.75, 3.05) is 26.1 Å². The topological polar surface area (TPSA) is 182 Å². The summed E-state index contributed by atoms with van der Waals surface area (Å²) < 4.78 is 34.9. The van der Waals surface area contributed by atoms with Gasteiger partial charge in [-0.15, -0.1) is 0 Å². The lowest BCUT2D eigenvalue weighted by Gasteiger charge is -2.37. The Kier molecular flexibility index (Phi) is 10.2. The highest BCUT2D eigenvalue weighted by molar-refractivity contribution is 5.72. The number of carbonyl (C=O) groups is 3. The van der Waals surface area contributed by atoms with Gasteiger partial charge in [0.2, 0.25) is 5.95 Å². The second-order valence-electron chi connectivity index (χ2n) is 12.0. The first-order chi connectivity index (χ1) is 25.0. The second-order valence-corrected chi connectivity index (χ2v) is 12.0. The van der Waals surface area contributed by atoms with Crippen molar-refractivity contribution >= 4 is 35.0 Å². The average Bonchev–Trinajstić information content (AvgIpc) is 3.70. The van der Waals surface area contributed by atoms with Crippen molar-refractivity contribution in [3.05, 3.63) is 112 Å². The molecule has 2 N–H and O–H groups in total. The van der Waals surface area contributed by atoms with Gasteiger partial charge < -0.3 is 33.7 Å². The number of benzene rings is 3. The predicted molar refractivity (Wildman–Crippen MR) is 186 cm³/mol. The third kappa shape index (κ3) is 7.03. The smallest absolute Gasteiger partial charge is 0.303 e. The predicted octanol–water partition coefficient (Wildman–Crippen LogP) is 3.86. The summed E-state index contributed by atoms with van der Waals surface area (Å²) in [5.74, 6) is -0.598. The van der Waals surface area contributed by atoms with Gasteiger partial charge in [0, 0.05) is 20.8 Å². The molecule has 52 heavy (non-hydrogen) atoms. The number of imidazole rings is 1. The maximum Gasteiger partial charge on any atom is 0.303 e. The van der Waals surface area contributed by atoms with Crippen molar-refractivity contribution in [2.24, 2.45) is 0 Å². The van der Waals surface area contributed by atoms with Crippen LogP contribution >= 0.6 is 0 Å². The minimum absolute atomic E-state index is 0.0394. The number of fused-ring (bicyclic) bond motifs is 1. The SMILES string of the molecule is COc1ccc(C(Nc2nc3c(ncn3[C@@H]3O[C@H](COC(C)=O)[C@@H](OC(C)=O)[C@H]3OC(C)=O)c(=O)[nH]2)(c2ccccc2)c2ccc(OC)cc2)cc1. The molecule has 0 amide bonds. The van der Waals surface area contributed by atoms with E-state index in [1.54, 1.807) is 14.2 Å². The Balaban J connectivity index is 1.52. The number of aromatic nitrogens is 4. The highest BCUT2D eigenvalue weighted by Gasteiger charge is 2.51. The molecule has 5 aromatic rings. The minimum Gasteiger partial charge on any atom is -0.497 e. The Morgan fingerprint density at radius 2 is 1.37 bits per heavy atom. The van der Waals surface area contributed by atoms with E-state index in [0.717, 1.165) is 16.7 Å². The van der Waals surface area contributed by atoms with Crippen molar-refractivity contribution in [2.45, 2.75) is 50.8 Å². The van der Waals surface area contributed by atoms with Crippen LogP contribution < -0.4 is 20.3 Å². The maximum atomic E-state index is 13.7. The van der Waals surface area contributed by atoms with Gasteiger partial charge in [0.15, 0.2) is 29.6 Å². The molecule has 4 atom stereocenters. The molecule has 2 aromatic heterocycles. The van der Waals surface area contributed by atoms with Crippen LogP contribution in [-0.2, 0) is 38.9 Å². The van der Waals surface area contributed by atoms with Crippen LogP contribution in [0, 0.1) is 0 Å². The van der Waals surface area contributed by atoms with Crippen LogP contribution in [0.1, 0.15) is 43.7 Å². The van der Waals surface area contributed by atoms with Crippen molar-refractivity contribution in [3.8, 4) is 11.5 Å². The summed E-state index contributed by atoms with van der Waals surface area (Å²) >= 11 is 0. The van der Waals surface area contributed by atoms with E-state index in [1.807, 2.05) is 78.9 Å². The molecule has 3 heterocycles. The van der Waals surface area contributed by atoms with Crippen LogP contribution in [0.3, 0.4) is 0 Å². The Hall–Kier alpha value is -6.22. The van der Waals surface area contributed by atoms with Crippen LogP contribution in [0.5, 0.6) is 11.5 Å². The van der Waals surface area contributed by atoms with Gasteiger partial charge in [0.25, 0.3) is 5.56 Å². The van der Waals surface area contributed by atoms with Crippen LogP contribution in [0.25, 0.3) is 11.2 Å². The highest BCUT2D eigenvalue weighted by atomic mass is 16.7. The molecule has 0 radical (unpaired) electrons. The van der Waals surface area contributed by atoms with Gasteiger partial charge in [-0.1, -0.05) is 54.6 Å². The van der Waals surface area contributed by atoms with Gasteiger partial charge in [-0.3, -0.25) is 28.7 Å². The van der Waals surface area contributed by atoms with E-state index in [9.17, 15) is 19.2 Å². The molecule has 0 bridgehead atoms. The van der Waals surface area contributed by atoms with E-state index in [4.69, 9.17) is 33.4 Å². The molecular weight excluding hydrogens is 674 g/mol. The van der Waals surface area contributed by atoms with Gasteiger partial charge in [-0.05, 0) is 41.0 Å². The number of nitrogens with one attached hydrogen (secondary N) is 2. The molecule has 0 unspecified atom stereocenters. The third-order valence-electron chi connectivity index (χ3n) is 8.61. The number of esters is 3. The van der Waals surface area contributed by atoms with Crippen molar-refractivity contribution in [1.82, 2.24) is 19.5 Å². The van der Waals surface area contributed by atoms with Crippen LogP contribution in [0.4, 0.5) is 5.95 Å². The minimum atomic E-state index is -1.22. The Bertz CT molecular complexity index is 2070. The van der Waals surface area contributed by atoms with Crippen molar-refractivity contribution in [3.63, 3.8) is 0 Å². The quantitative estimate of drug-likeness (QED) is 0.108. The fraction of sp³-hybridized carbons (Fsp3) is 0.297. The number of methoxy groups -OCH3 is 2. The molecule has 270 valence electrons. The van der Waals surface area contributed by atoms with Crippen LogP contribution in [-0.4, -0.2) is 76.6 Å². The fourth-order valence-electron chi connectivity index (χ4n) is 6.35. The lowest BCUT2D eigenvalue weighted by molar-refractivity contribution is -0.166. The zero-order valence-corrected chi connectivity index (χ0v) is 29.0. The van der Waals surface area contributed by atoms with E-state index >= 15 is 0 Å². The maximum absolute atomic E-state index is 13.7. The number of ether oxygens (including phenoxy) is 6. The van der Waals surface area contributed by atoms with Gasteiger partial charge in [0.05, 0.1) is 20.5 Å². The molecule has 1 saturated heterocycles. The van der Waals surface area contributed by atoms with Gasteiger partial charge in [-0.25, -0.2) is 4.98 Å². The van der Waals surface area contributed by atoms with Crippen LogP contribution in [0.15, 0.2) is 90.0 Å². The second kappa shape index (κ2) is 14.9. The van der Waals surface area contributed by atoms with E-state index in [0.29, 0.717) is 11.5 Å².